The van der Waals surface area contributed by atoms with Gasteiger partial charge in [-0.3, -0.25) is 0 Å². The number of aliphatic hydroxyl groups excluding tert-OH is 4. The average molecular weight is 756 g/mol. The molecule has 2 aliphatic heterocycles. The van der Waals surface area contributed by atoms with E-state index in [1.807, 2.05) is 0 Å². The van der Waals surface area contributed by atoms with Gasteiger partial charge in [-0.1, -0.05) is 0 Å². The van der Waals surface area contributed by atoms with Crippen LogP contribution in [0.1, 0.15) is 42.3 Å². The number of hydrogen-bond acceptors (Lipinski definition) is 15. The maximum atomic E-state index is 12.3. The Balaban J connectivity index is 1.29. The molecule has 41 heavy (non-hydrogen) atoms. The first-order valence-corrected chi connectivity index (χ1v) is 18.0. The molecule has 2 fully saturated rings. The van der Waals surface area contributed by atoms with Crippen molar-refractivity contribution < 1.29 is 71.8 Å². The number of aromatic nitrogens is 2. The van der Waals surface area contributed by atoms with E-state index in [0.29, 0.717) is 0 Å². The summed E-state index contributed by atoms with van der Waals surface area (Å²) in [5.41, 5.74) is 10.2. The number of phosphoric ester groups is 2. The van der Waals surface area contributed by atoms with Crippen LogP contribution in [-0.2, 0) is 32.0 Å². The van der Waals surface area contributed by atoms with Crippen LogP contribution in [0.15, 0.2) is 9.88 Å². The number of rotatable bonds is 12. The van der Waals surface area contributed by atoms with Crippen molar-refractivity contribution in [1.82, 2.24) is 9.97 Å². The Morgan fingerprint density at radius 3 is 1.46 bits per heavy atom. The number of nitrogens with zero attached hydrogens (tertiary/aromatic N) is 2. The van der Waals surface area contributed by atoms with Gasteiger partial charge in [-0.25, -0.2) is 0 Å². The average Bonchev–Trinajstić information content (AvgIpc) is 3.66. The monoisotopic (exact) mass is 758 g/mol. The number of primary amides is 2. The molecule has 2 aromatic rings. The predicted molar refractivity (Wildman–Crippen MR) is 131 cm³/mol. The van der Waals surface area contributed by atoms with E-state index in [1.165, 1.54) is 9.88 Å². The number of ether oxygens (including phenoxy) is 2. The van der Waals surface area contributed by atoms with Gasteiger partial charge in [0, 0.05) is 0 Å². The van der Waals surface area contributed by atoms with E-state index in [-0.39, 0.29) is 20.5 Å². The van der Waals surface area contributed by atoms with Crippen molar-refractivity contribution in [2.24, 2.45) is 11.5 Å². The van der Waals surface area contributed by atoms with Gasteiger partial charge in [0.2, 0.25) is 0 Å². The van der Waals surface area contributed by atoms with E-state index in [1.54, 1.807) is 0 Å². The Hall–Kier alpha value is -1.18. The molecule has 2 saturated heterocycles. The fraction of sp³-hybridized carbons (Fsp3) is 0.556. The van der Waals surface area contributed by atoms with Gasteiger partial charge in [0.15, 0.2) is 0 Å². The summed E-state index contributed by atoms with van der Waals surface area (Å²) in [7, 11) is -10.7. The van der Waals surface area contributed by atoms with Gasteiger partial charge >= 0.3 is 242 Å². The van der Waals surface area contributed by atoms with Crippen LogP contribution in [0.4, 0.5) is 0 Å². The molecule has 23 heteroatoms. The van der Waals surface area contributed by atoms with Crippen molar-refractivity contribution >= 4 is 56.5 Å². The summed E-state index contributed by atoms with van der Waals surface area (Å²) in [5, 5.41) is 41.0. The van der Waals surface area contributed by atoms with Gasteiger partial charge in [0.05, 0.1) is 0 Å². The molecule has 2 aliphatic rings. The van der Waals surface area contributed by atoms with Crippen LogP contribution in [0.3, 0.4) is 0 Å². The Morgan fingerprint density at radius 2 is 1.15 bits per heavy atom. The van der Waals surface area contributed by atoms with Crippen molar-refractivity contribution in [3.63, 3.8) is 0 Å². The van der Waals surface area contributed by atoms with Crippen LogP contribution in [0.25, 0.3) is 0 Å². The van der Waals surface area contributed by atoms with E-state index in [0.717, 1.165) is 0 Å². The second-order valence-corrected chi connectivity index (χ2v) is 15.4. The van der Waals surface area contributed by atoms with Crippen molar-refractivity contribution in [1.29, 1.82) is 0 Å². The first kappa shape index (κ1) is 32.7. The molecule has 2 amide bonds. The molecule has 0 bridgehead atoms. The Bertz CT molecular complexity index is 1270. The summed E-state index contributed by atoms with van der Waals surface area (Å²) >= 11 is -1.05. The quantitative estimate of drug-likeness (QED) is 0.0757. The summed E-state index contributed by atoms with van der Waals surface area (Å²) in [6, 6.07) is 0. The third-order valence-corrected chi connectivity index (χ3v) is 12.2. The zero-order valence-corrected chi connectivity index (χ0v) is 25.5. The van der Waals surface area contributed by atoms with E-state index in [2.05, 4.69) is 23.3 Å². The summed E-state index contributed by atoms with van der Waals surface area (Å²) in [4.78, 5) is 53.2. The van der Waals surface area contributed by atoms with E-state index in [9.17, 15) is 48.9 Å². The van der Waals surface area contributed by atoms with Crippen LogP contribution in [0.5, 0.6) is 0 Å². The molecule has 0 saturated carbocycles. The molecule has 2 aromatic heterocycles. The Morgan fingerprint density at radius 1 is 0.780 bits per heavy atom. The van der Waals surface area contributed by atoms with Crippen LogP contribution in [0.2, 0.25) is 0 Å². The third-order valence-electron chi connectivity index (χ3n) is 5.77. The summed E-state index contributed by atoms with van der Waals surface area (Å²) < 4.78 is 49.5. The second-order valence-electron chi connectivity index (χ2n) is 8.63. The summed E-state index contributed by atoms with van der Waals surface area (Å²) in [5.74, 6) is -1.59. The molecule has 19 nitrogen and oxygen atoms in total. The molecule has 0 spiro atoms. The predicted octanol–water partition coefficient (Wildman–Crippen LogP) is -3.94. The second kappa shape index (κ2) is 12.8. The molecular weight excluding hydrogens is 732 g/mol. The Labute approximate surface area is 241 Å². The van der Waals surface area contributed by atoms with Gasteiger partial charge in [-0.05, 0) is 0 Å². The first-order chi connectivity index (χ1) is 19.1. The SMILES string of the molecule is NC(=O)c1c[se]c([C@H]2O[C@@H](COP(=O)(O)OP(=O)(O)OC[C@H]3O[C@@H](c4nc(C(N)=O)c[se]4)[C@H](O)[C@@H]3O)[C@H](O)[C@@H]2O)n1. The number of hydrogen-bond donors (Lipinski definition) is 8. The van der Waals surface area contributed by atoms with Crippen molar-refractivity contribution in [3.8, 4) is 0 Å². The van der Waals surface area contributed by atoms with Gasteiger partial charge in [0.25, 0.3) is 0 Å². The number of phosphoric acid groups is 2. The number of aliphatic hydroxyl groups is 4. The normalized spacial score (nSPS) is 32.9. The molecule has 0 radical (unpaired) electrons. The first-order valence-electron chi connectivity index (χ1n) is 11.3. The van der Waals surface area contributed by atoms with Crippen LogP contribution < -0.4 is 11.5 Å². The number of amides is 2. The number of nitrogens with two attached hydrogens (primary N) is 2. The maximum absolute atomic E-state index is 12.3. The fourth-order valence-electron chi connectivity index (χ4n) is 3.76. The zero-order valence-electron chi connectivity index (χ0n) is 20.3. The van der Waals surface area contributed by atoms with E-state index >= 15 is 0 Å². The number of carbonyl (C=O) groups is 2. The van der Waals surface area contributed by atoms with Gasteiger partial charge in [-0.15, -0.1) is 0 Å². The van der Waals surface area contributed by atoms with Gasteiger partial charge in [0.1, 0.15) is 0 Å². The van der Waals surface area contributed by atoms with E-state index < -0.39 is 119 Å². The van der Waals surface area contributed by atoms with E-state index in [4.69, 9.17) is 20.9 Å². The van der Waals surface area contributed by atoms with Gasteiger partial charge < -0.3 is 0 Å². The molecule has 0 aromatic carbocycles. The minimum absolute atomic E-state index is 0.0418. The van der Waals surface area contributed by atoms with Crippen LogP contribution >= 0.6 is 15.6 Å². The Kier molecular flexibility index (Phi) is 10.2. The molecule has 10 N–H and O–H groups in total. The molecule has 4 rings (SSSR count). The summed E-state index contributed by atoms with van der Waals surface area (Å²) in [6.45, 7) is -1.77. The zero-order chi connectivity index (χ0) is 30.3. The van der Waals surface area contributed by atoms with Gasteiger partial charge in [-0.2, -0.15) is 0 Å². The van der Waals surface area contributed by atoms with Crippen molar-refractivity contribution in [2.75, 3.05) is 13.2 Å². The molecule has 0 aliphatic carbocycles. The summed E-state index contributed by atoms with van der Waals surface area (Å²) in [6.07, 6.45) is -11.5. The van der Waals surface area contributed by atoms with Crippen LogP contribution in [0, 0.1) is 0 Å². The van der Waals surface area contributed by atoms with Crippen LogP contribution in [-0.4, -0.2) is 131 Å². The fourth-order valence-corrected chi connectivity index (χ4v) is 9.55. The standard InChI is InChI=1S/C18H24N4O15P2Se2/c19-15(27)5-3-40-17(21-5)13-11(25)9(23)7(35-13)1-33-38(29,30)37-39(31,32)34-2-8-10(24)12(26)14(36-8)18-22-6(4-41-18)16(20)28/h3-4,7-14,23-26H,1-2H2,(H2,19,27)(H2,20,28)(H,29,30)(H,31,32)/t7-,8+,9-,10+,11-,12+,13-,14+. The molecule has 4 heterocycles. The minimum atomic E-state index is -5.34. The molecular formula is C18H24N4O15P2Se2. The molecule has 2 unspecified atom stereocenters. The van der Waals surface area contributed by atoms with Crippen molar-refractivity contribution in [2.45, 2.75) is 48.8 Å². The molecule has 10 atom stereocenters. The molecule has 228 valence electrons. The van der Waals surface area contributed by atoms with Crippen molar-refractivity contribution in [3.05, 3.63) is 30.4 Å². The third kappa shape index (κ3) is 7.67. The topological polar surface area (TPSA) is 314 Å². The number of carbonyl (C=O) groups excluding carboxylic acids is 2.